The Balaban J connectivity index is 1.09. The van der Waals surface area contributed by atoms with E-state index in [1.54, 1.807) is 7.11 Å². The van der Waals surface area contributed by atoms with Gasteiger partial charge in [-0.2, -0.15) is 0 Å². The Labute approximate surface area is 227 Å². The average Bonchev–Trinajstić information content (AvgIpc) is 3.77. The first kappa shape index (κ1) is 25.2. The lowest BCUT2D eigenvalue weighted by molar-refractivity contribution is 0.0284. The van der Waals surface area contributed by atoms with Crippen molar-refractivity contribution in [1.82, 2.24) is 10.2 Å². The van der Waals surface area contributed by atoms with Crippen LogP contribution in [0.2, 0.25) is 0 Å². The van der Waals surface area contributed by atoms with Crippen LogP contribution in [0.4, 0.5) is 0 Å². The van der Waals surface area contributed by atoms with E-state index in [9.17, 15) is 4.79 Å². The Morgan fingerprint density at radius 3 is 2.63 bits per heavy atom. The predicted octanol–water partition coefficient (Wildman–Crippen LogP) is 6.27. The van der Waals surface area contributed by atoms with Crippen LogP contribution in [0.3, 0.4) is 0 Å². The molecule has 0 spiro atoms. The van der Waals surface area contributed by atoms with Gasteiger partial charge in [0.05, 0.1) is 7.11 Å². The van der Waals surface area contributed by atoms with Gasteiger partial charge in [0.1, 0.15) is 5.75 Å². The zero-order valence-corrected chi connectivity index (χ0v) is 23.0. The van der Waals surface area contributed by atoms with Crippen molar-refractivity contribution >= 4 is 5.91 Å². The molecule has 2 aliphatic carbocycles. The number of amides is 1. The van der Waals surface area contributed by atoms with E-state index in [0.717, 1.165) is 41.2 Å². The normalized spacial score (nSPS) is 24.5. The Morgan fingerprint density at radius 2 is 1.87 bits per heavy atom. The van der Waals surface area contributed by atoms with Gasteiger partial charge in [0, 0.05) is 24.7 Å². The summed E-state index contributed by atoms with van der Waals surface area (Å²) in [6.07, 6.45) is 5.94. The number of methoxy groups -OCH3 is 1. The lowest BCUT2D eigenvalue weighted by Gasteiger charge is -2.55. The predicted molar refractivity (Wildman–Crippen MR) is 154 cm³/mol. The highest BCUT2D eigenvalue weighted by Crippen LogP contribution is 2.49. The second-order valence-electron chi connectivity index (χ2n) is 12.0. The van der Waals surface area contributed by atoms with Crippen LogP contribution in [0.15, 0.2) is 66.7 Å². The molecule has 1 N–H and O–H groups in total. The van der Waals surface area contributed by atoms with Crippen molar-refractivity contribution in [2.24, 2.45) is 11.8 Å². The minimum Gasteiger partial charge on any atom is -0.497 e. The molecule has 4 nitrogen and oxygen atoms in total. The van der Waals surface area contributed by atoms with E-state index in [1.165, 1.54) is 49.0 Å². The highest BCUT2D eigenvalue weighted by molar-refractivity contribution is 5.94. The standard InChI is InChI=1S/C34H40N2O2/c1-23-32-21-28-13-14-29(20-31(28)34(23,2)16-18-36(32)22-25-7-8-25)33(37)35-17-15-24-9-11-26(12-10-24)27-5-4-6-30(19-27)38-3/h4-6,9-14,19-20,23,25,32H,7-8,15-18,21-22H2,1-3H3,(H,35,37)/t23-,32+,34+/m0/s1. The van der Waals surface area contributed by atoms with Crippen molar-refractivity contribution in [3.63, 3.8) is 0 Å². The largest absolute Gasteiger partial charge is 0.497 e. The summed E-state index contributed by atoms with van der Waals surface area (Å²) in [6, 6.07) is 23.8. The number of fused-ring (bicyclic) bond motifs is 4. The van der Waals surface area contributed by atoms with Crippen LogP contribution in [-0.4, -0.2) is 43.6 Å². The summed E-state index contributed by atoms with van der Waals surface area (Å²) in [4.78, 5) is 15.9. The molecular weight excluding hydrogens is 468 g/mol. The van der Waals surface area contributed by atoms with E-state index in [2.05, 4.69) is 66.5 Å². The summed E-state index contributed by atoms with van der Waals surface area (Å²) in [5.74, 6) is 2.44. The zero-order valence-electron chi connectivity index (χ0n) is 23.0. The van der Waals surface area contributed by atoms with Crippen molar-refractivity contribution in [2.45, 2.75) is 57.4 Å². The van der Waals surface area contributed by atoms with E-state index in [0.29, 0.717) is 18.5 Å². The maximum atomic E-state index is 13.1. The molecule has 1 aliphatic heterocycles. The van der Waals surface area contributed by atoms with Gasteiger partial charge in [-0.25, -0.2) is 0 Å². The average molecular weight is 509 g/mol. The minimum absolute atomic E-state index is 0.0327. The molecule has 0 aromatic heterocycles. The molecule has 1 heterocycles. The fourth-order valence-electron chi connectivity index (χ4n) is 6.80. The number of ether oxygens (including phenoxy) is 1. The van der Waals surface area contributed by atoms with Gasteiger partial charge in [0.25, 0.3) is 5.91 Å². The Morgan fingerprint density at radius 1 is 1.05 bits per heavy atom. The molecule has 1 saturated carbocycles. The monoisotopic (exact) mass is 508 g/mol. The van der Waals surface area contributed by atoms with Crippen molar-refractivity contribution < 1.29 is 9.53 Å². The lowest BCUT2D eigenvalue weighted by atomic mass is 9.59. The van der Waals surface area contributed by atoms with Crippen LogP contribution in [0.5, 0.6) is 5.75 Å². The van der Waals surface area contributed by atoms with Gasteiger partial charge in [-0.15, -0.1) is 0 Å². The van der Waals surface area contributed by atoms with Gasteiger partial charge in [-0.3, -0.25) is 9.69 Å². The zero-order chi connectivity index (χ0) is 26.3. The third-order valence-electron chi connectivity index (χ3n) is 9.63. The third-order valence-corrected chi connectivity index (χ3v) is 9.63. The maximum Gasteiger partial charge on any atom is 0.251 e. The van der Waals surface area contributed by atoms with E-state index >= 15 is 0 Å². The molecule has 6 rings (SSSR count). The first-order valence-corrected chi connectivity index (χ1v) is 14.3. The molecule has 1 saturated heterocycles. The van der Waals surface area contributed by atoms with E-state index in [1.807, 2.05) is 24.3 Å². The summed E-state index contributed by atoms with van der Waals surface area (Å²) < 4.78 is 5.35. The molecule has 3 aliphatic rings. The number of nitrogens with zero attached hydrogens (tertiary/aromatic N) is 1. The second-order valence-corrected chi connectivity index (χ2v) is 12.0. The number of carbonyl (C=O) groups is 1. The molecule has 0 radical (unpaired) electrons. The van der Waals surface area contributed by atoms with Crippen molar-refractivity contribution in [3.05, 3.63) is 89.0 Å². The first-order valence-electron chi connectivity index (χ1n) is 14.3. The van der Waals surface area contributed by atoms with Crippen LogP contribution >= 0.6 is 0 Å². The van der Waals surface area contributed by atoms with Crippen molar-refractivity contribution in [2.75, 3.05) is 26.7 Å². The van der Waals surface area contributed by atoms with Gasteiger partial charge >= 0.3 is 0 Å². The Bertz CT molecular complexity index is 1310. The van der Waals surface area contributed by atoms with Crippen molar-refractivity contribution in [1.29, 1.82) is 0 Å². The van der Waals surface area contributed by atoms with Gasteiger partial charge in [0.15, 0.2) is 0 Å². The van der Waals surface area contributed by atoms with Crippen LogP contribution in [-0.2, 0) is 18.3 Å². The number of likely N-dealkylation sites (tertiary alicyclic amines) is 1. The summed E-state index contributed by atoms with van der Waals surface area (Å²) in [7, 11) is 1.69. The van der Waals surface area contributed by atoms with E-state index in [-0.39, 0.29) is 11.3 Å². The number of rotatable bonds is 8. The molecule has 3 aromatic rings. The van der Waals surface area contributed by atoms with Crippen molar-refractivity contribution in [3.8, 4) is 16.9 Å². The van der Waals surface area contributed by atoms with Crippen LogP contribution in [0, 0.1) is 11.8 Å². The molecule has 3 atom stereocenters. The van der Waals surface area contributed by atoms with Gasteiger partial charge in [-0.05, 0) is 108 Å². The number of nitrogens with one attached hydrogen (secondary N) is 1. The Kier molecular flexibility index (Phi) is 6.77. The summed E-state index contributed by atoms with van der Waals surface area (Å²) in [5, 5.41) is 3.17. The fourth-order valence-corrected chi connectivity index (χ4v) is 6.80. The van der Waals surface area contributed by atoms with E-state index < -0.39 is 0 Å². The van der Waals surface area contributed by atoms with Gasteiger partial charge in [0.2, 0.25) is 0 Å². The van der Waals surface area contributed by atoms with Crippen LogP contribution in [0.1, 0.15) is 60.2 Å². The number of piperidine rings is 1. The number of hydrogen-bond acceptors (Lipinski definition) is 3. The highest BCUT2D eigenvalue weighted by atomic mass is 16.5. The first-order chi connectivity index (χ1) is 18.4. The smallest absolute Gasteiger partial charge is 0.251 e. The number of hydrogen-bond donors (Lipinski definition) is 1. The maximum absolute atomic E-state index is 13.1. The topological polar surface area (TPSA) is 41.6 Å². The van der Waals surface area contributed by atoms with Gasteiger partial charge in [-0.1, -0.05) is 56.3 Å². The molecule has 4 heteroatoms. The summed E-state index contributed by atoms with van der Waals surface area (Å²) in [5.41, 5.74) is 7.32. The SMILES string of the molecule is COc1cccc(-c2ccc(CCNC(=O)c3ccc4c(c3)[C@]3(C)CCN(CC5CC5)[C@H](C4)[C@@H]3C)cc2)c1. The summed E-state index contributed by atoms with van der Waals surface area (Å²) in [6.45, 7) is 7.98. The number of carbonyl (C=O) groups excluding carboxylic acids is 1. The van der Waals surface area contributed by atoms with Crippen LogP contribution in [0.25, 0.3) is 11.1 Å². The molecule has 1 amide bonds. The molecule has 2 bridgehead atoms. The second kappa shape index (κ2) is 10.2. The molecule has 198 valence electrons. The minimum atomic E-state index is 0.0327. The highest BCUT2D eigenvalue weighted by Gasteiger charge is 2.49. The van der Waals surface area contributed by atoms with Gasteiger partial charge < -0.3 is 10.1 Å². The third kappa shape index (κ3) is 4.87. The molecular formula is C34H40N2O2. The molecule has 3 aromatic carbocycles. The van der Waals surface area contributed by atoms with E-state index in [4.69, 9.17) is 4.74 Å². The molecule has 0 unspecified atom stereocenters. The van der Waals surface area contributed by atoms with Crippen LogP contribution < -0.4 is 10.1 Å². The fraction of sp³-hybridized carbons (Fsp3) is 0.441. The lowest BCUT2D eigenvalue weighted by Crippen LogP contribution is -2.58. The molecule has 38 heavy (non-hydrogen) atoms. The number of benzene rings is 3. The molecule has 2 fully saturated rings. The Hall–Kier alpha value is -3.11. The summed E-state index contributed by atoms with van der Waals surface area (Å²) >= 11 is 0. The quantitative estimate of drug-likeness (QED) is 0.390.